The first kappa shape index (κ1) is 14.2. The van der Waals surface area contributed by atoms with Gasteiger partial charge in [0.15, 0.2) is 11.5 Å². The van der Waals surface area contributed by atoms with E-state index < -0.39 is 0 Å². The van der Waals surface area contributed by atoms with Crippen LogP contribution in [-0.2, 0) is 0 Å². The van der Waals surface area contributed by atoms with Gasteiger partial charge in [-0.3, -0.25) is 0 Å². The second kappa shape index (κ2) is 5.93. The number of nitrogens with zero attached hydrogens (tertiary/aromatic N) is 1. The van der Waals surface area contributed by atoms with Gasteiger partial charge in [0.25, 0.3) is 0 Å². The summed E-state index contributed by atoms with van der Waals surface area (Å²) < 4.78 is 10.6. The Balaban J connectivity index is 1.95. The molecule has 2 aromatic carbocycles. The molecule has 0 fully saturated rings. The summed E-state index contributed by atoms with van der Waals surface area (Å²) in [7, 11) is 3.25. The van der Waals surface area contributed by atoms with E-state index in [-0.39, 0.29) is 0 Å². The number of nitrogens with one attached hydrogen (secondary N) is 1. The number of aryl methyl sites for hydroxylation is 1. The van der Waals surface area contributed by atoms with E-state index in [0.717, 1.165) is 22.6 Å². The molecular weight excluding hydrogens is 276 g/mol. The number of H-pyrrole nitrogens is 1. The predicted molar refractivity (Wildman–Crippen MR) is 87.3 cm³/mol. The molecule has 0 saturated carbocycles. The topological polar surface area (TPSA) is 47.1 Å². The number of rotatable bonds is 4. The van der Waals surface area contributed by atoms with Crippen LogP contribution in [-0.4, -0.2) is 24.2 Å². The first-order valence-electron chi connectivity index (χ1n) is 7.05. The molecule has 1 N–H and O–H groups in total. The molecule has 1 aromatic heterocycles. The number of aromatic amines is 1. The number of aromatic nitrogens is 2. The molecule has 112 valence electrons. The van der Waals surface area contributed by atoms with Crippen LogP contribution in [0.5, 0.6) is 11.5 Å². The van der Waals surface area contributed by atoms with E-state index in [1.807, 2.05) is 24.4 Å². The van der Waals surface area contributed by atoms with Crippen LogP contribution in [0.4, 0.5) is 0 Å². The highest BCUT2D eigenvalue weighted by Gasteiger charge is 2.09. The maximum atomic E-state index is 5.34. The number of methoxy groups -OCH3 is 2. The van der Waals surface area contributed by atoms with Crippen molar-refractivity contribution >= 4 is 0 Å². The SMILES string of the molecule is COc1ccc(-c2ncc(-c3ccc(C)cc3)[nH]2)cc1OC. The van der Waals surface area contributed by atoms with Crippen LogP contribution in [0.1, 0.15) is 5.56 Å². The quantitative estimate of drug-likeness (QED) is 0.789. The second-order valence-corrected chi connectivity index (χ2v) is 5.08. The van der Waals surface area contributed by atoms with Crippen LogP contribution in [0.15, 0.2) is 48.7 Å². The molecule has 0 aliphatic heterocycles. The summed E-state index contributed by atoms with van der Waals surface area (Å²) in [6.45, 7) is 2.08. The van der Waals surface area contributed by atoms with Crippen LogP contribution in [0.25, 0.3) is 22.6 Å². The van der Waals surface area contributed by atoms with Gasteiger partial charge in [0.1, 0.15) is 5.82 Å². The summed E-state index contributed by atoms with van der Waals surface area (Å²) in [6.07, 6.45) is 1.84. The van der Waals surface area contributed by atoms with E-state index >= 15 is 0 Å². The lowest BCUT2D eigenvalue weighted by atomic mass is 10.1. The first-order chi connectivity index (χ1) is 10.7. The zero-order valence-corrected chi connectivity index (χ0v) is 12.9. The Labute approximate surface area is 129 Å². The number of hydrogen-bond donors (Lipinski definition) is 1. The molecule has 3 rings (SSSR count). The molecule has 0 spiro atoms. The van der Waals surface area contributed by atoms with E-state index in [2.05, 4.69) is 41.2 Å². The van der Waals surface area contributed by atoms with Gasteiger partial charge in [0.05, 0.1) is 26.1 Å². The number of benzene rings is 2. The van der Waals surface area contributed by atoms with Gasteiger partial charge in [0.2, 0.25) is 0 Å². The lowest BCUT2D eigenvalue weighted by Gasteiger charge is -2.08. The highest BCUT2D eigenvalue weighted by molar-refractivity contribution is 5.66. The third-order valence-corrected chi connectivity index (χ3v) is 3.60. The molecule has 0 radical (unpaired) electrons. The molecule has 0 aliphatic carbocycles. The Bertz CT molecular complexity index is 776. The number of hydrogen-bond acceptors (Lipinski definition) is 3. The molecule has 0 amide bonds. The average molecular weight is 294 g/mol. The van der Waals surface area contributed by atoms with Gasteiger partial charge < -0.3 is 14.5 Å². The molecule has 22 heavy (non-hydrogen) atoms. The molecular formula is C18H18N2O2. The maximum Gasteiger partial charge on any atom is 0.161 e. The van der Waals surface area contributed by atoms with Crippen molar-refractivity contribution in [1.29, 1.82) is 0 Å². The van der Waals surface area contributed by atoms with Gasteiger partial charge in [-0.1, -0.05) is 29.8 Å². The Morgan fingerprint density at radius 2 is 1.55 bits per heavy atom. The minimum atomic E-state index is 0.688. The fourth-order valence-electron chi connectivity index (χ4n) is 2.33. The molecule has 4 heteroatoms. The molecule has 0 atom stereocenters. The second-order valence-electron chi connectivity index (χ2n) is 5.08. The Morgan fingerprint density at radius 1 is 0.864 bits per heavy atom. The Hall–Kier alpha value is -2.75. The van der Waals surface area contributed by atoms with Gasteiger partial charge in [-0.05, 0) is 30.7 Å². The predicted octanol–water partition coefficient (Wildman–Crippen LogP) is 4.07. The van der Waals surface area contributed by atoms with Gasteiger partial charge in [-0.25, -0.2) is 4.98 Å². The monoisotopic (exact) mass is 294 g/mol. The van der Waals surface area contributed by atoms with E-state index in [4.69, 9.17) is 9.47 Å². The molecule has 3 aromatic rings. The molecule has 1 heterocycles. The summed E-state index contributed by atoms with van der Waals surface area (Å²) in [4.78, 5) is 7.81. The van der Waals surface area contributed by atoms with Crippen LogP contribution in [0, 0.1) is 6.92 Å². The van der Waals surface area contributed by atoms with Crippen molar-refractivity contribution in [2.45, 2.75) is 6.92 Å². The van der Waals surface area contributed by atoms with Crippen LogP contribution < -0.4 is 9.47 Å². The summed E-state index contributed by atoms with van der Waals surface area (Å²) in [6, 6.07) is 14.1. The highest BCUT2D eigenvalue weighted by Crippen LogP contribution is 2.32. The fourth-order valence-corrected chi connectivity index (χ4v) is 2.33. The zero-order chi connectivity index (χ0) is 15.5. The van der Waals surface area contributed by atoms with E-state index in [1.54, 1.807) is 14.2 Å². The average Bonchev–Trinajstić information content (AvgIpc) is 3.05. The largest absolute Gasteiger partial charge is 0.493 e. The fraction of sp³-hybridized carbons (Fsp3) is 0.167. The van der Waals surface area contributed by atoms with Crippen molar-refractivity contribution < 1.29 is 9.47 Å². The Kier molecular flexibility index (Phi) is 3.83. The van der Waals surface area contributed by atoms with Gasteiger partial charge in [-0.15, -0.1) is 0 Å². The zero-order valence-electron chi connectivity index (χ0n) is 12.9. The summed E-state index contributed by atoms with van der Waals surface area (Å²) in [5.74, 6) is 2.20. The minimum absolute atomic E-state index is 0.688. The van der Waals surface area contributed by atoms with E-state index in [0.29, 0.717) is 11.5 Å². The van der Waals surface area contributed by atoms with Crippen LogP contribution in [0.2, 0.25) is 0 Å². The van der Waals surface area contributed by atoms with Crippen molar-refractivity contribution in [3.8, 4) is 34.1 Å². The van der Waals surface area contributed by atoms with Crippen molar-refractivity contribution in [3.63, 3.8) is 0 Å². The molecule has 0 aliphatic rings. The number of imidazole rings is 1. The van der Waals surface area contributed by atoms with Crippen molar-refractivity contribution in [3.05, 3.63) is 54.2 Å². The van der Waals surface area contributed by atoms with Gasteiger partial charge in [-0.2, -0.15) is 0 Å². The van der Waals surface area contributed by atoms with Crippen LogP contribution in [0.3, 0.4) is 0 Å². The number of ether oxygens (including phenoxy) is 2. The normalized spacial score (nSPS) is 10.5. The van der Waals surface area contributed by atoms with Gasteiger partial charge >= 0.3 is 0 Å². The maximum absolute atomic E-state index is 5.34. The standard InChI is InChI=1S/C18H18N2O2/c1-12-4-6-13(7-5-12)15-11-19-18(20-15)14-8-9-16(21-2)17(10-14)22-3/h4-11H,1-3H3,(H,19,20). The highest BCUT2D eigenvalue weighted by atomic mass is 16.5. The van der Waals surface area contributed by atoms with Gasteiger partial charge in [0, 0.05) is 5.56 Å². The lowest BCUT2D eigenvalue weighted by molar-refractivity contribution is 0.355. The summed E-state index contributed by atoms with van der Waals surface area (Å²) >= 11 is 0. The molecule has 0 bridgehead atoms. The molecule has 4 nitrogen and oxygen atoms in total. The molecule has 0 unspecified atom stereocenters. The van der Waals surface area contributed by atoms with E-state index in [9.17, 15) is 0 Å². The first-order valence-corrected chi connectivity index (χ1v) is 7.05. The summed E-state index contributed by atoms with van der Waals surface area (Å²) in [5.41, 5.74) is 4.30. The van der Waals surface area contributed by atoms with E-state index in [1.165, 1.54) is 5.56 Å². The minimum Gasteiger partial charge on any atom is -0.493 e. The molecule has 0 saturated heterocycles. The third-order valence-electron chi connectivity index (χ3n) is 3.60. The summed E-state index contributed by atoms with van der Waals surface area (Å²) in [5, 5.41) is 0. The third kappa shape index (κ3) is 2.68. The Morgan fingerprint density at radius 3 is 2.23 bits per heavy atom. The lowest BCUT2D eigenvalue weighted by Crippen LogP contribution is -1.91. The van der Waals surface area contributed by atoms with Crippen molar-refractivity contribution in [2.24, 2.45) is 0 Å². The van der Waals surface area contributed by atoms with Crippen molar-refractivity contribution in [1.82, 2.24) is 9.97 Å². The van der Waals surface area contributed by atoms with Crippen LogP contribution >= 0.6 is 0 Å². The van der Waals surface area contributed by atoms with Crippen molar-refractivity contribution in [2.75, 3.05) is 14.2 Å². The smallest absolute Gasteiger partial charge is 0.161 e.